The predicted octanol–water partition coefficient (Wildman–Crippen LogP) is 2.29. The summed E-state index contributed by atoms with van der Waals surface area (Å²) in [7, 11) is 3.31. The molecule has 0 aromatic heterocycles. The smallest absolute Gasteiger partial charge is 0.239 e. The molecule has 1 aromatic carbocycles. The van der Waals surface area contributed by atoms with E-state index in [2.05, 4.69) is 0 Å². The van der Waals surface area contributed by atoms with Crippen LogP contribution in [-0.2, 0) is 16.1 Å². The van der Waals surface area contributed by atoms with Crippen LogP contribution in [0.5, 0.6) is 5.75 Å². The first kappa shape index (κ1) is 18.7. The van der Waals surface area contributed by atoms with Crippen LogP contribution in [0, 0.1) is 5.82 Å². The zero-order valence-corrected chi connectivity index (χ0v) is 15.1. The molecule has 0 radical (unpaired) electrons. The van der Waals surface area contributed by atoms with Crippen LogP contribution in [0.15, 0.2) is 18.2 Å². The van der Waals surface area contributed by atoms with Crippen molar-refractivity contribution in [3.8, 4) is 5.75 Å². The van der Waals surface area contributed by atoms with Crippen LogP contribution < -0.4 is 4.74 Å². The van der Waals surface area contributed by atoms with Crippen LogP contribution in [0.2, 0.25) is 0 Å². The standard InChI is InChI=1S/C18H27FN2O3/c1-12-9-21(10-13(2)24-12)18(22)14(3)20(4)11-15-6-7-17(23-5)16(19)8-15/h6-8,12-14H,9-11H2,1-5H3. The molecule has 1 aliphatic rings. The molecular weight excluding hydrogens is 311 g/mol. The second-order valence-electron chi connectivity index (χ2n) is 6.56. The second-order valence-corrected chi connectivity index (χ2v) is 6.56. The number of methoxy groups -OCH3 is 1. The third-order valence-electron chi connectivity index (χ3n) is 4.40. The molecule has 0 saturated carbocycles. The Bertz CT molecular complexity index is 571. The van der Waals surface area contributed by atoms with Crippen molar-refractivity contribution in [2.24, 2.45) is 0 Å². The van der Waals surface area contributed by atoms with Crippen LogP contribution in [-0.4, -0.2) is 61.2 Å². The zero-order valence-electron chi connectivity index (χ0n) is 15.1. The molecule has 1 aromatic rings. The van der Waals surface area contributed by atoms with Crippen molar-refractivity contribution < 1.29 is 18.7 Å². The molecule has 0 bridgehead atoms. The Kier molecular flexibility index (Phi) is 6.18. The molecule has 1 amide bonds. The van der Waals surface area contributed by atoms with E-state index in [1.807, 2.05) is 43.7 Å². The maximum atomic E-state index is 13.8. The van der Waals surface area contributed by atoms with Crippen LogP contribution in [0.25, 0.3) is 0 Å². The van der Waals surface area contributed by atoms with Gasteiger partial charge in [0, 0.05) is 19.6 Å². The van der Waals surface area contributed by atoms with Crippen molar-refractivity contribution in [3.05, 3.63) is 29.6 Å². The molecule has 1 aliphatic heterocycles. The topological polar surface area (TPSA) is 42.0 Å². The third kappa shape index (κ3) is 4.45. The minimum atomic E-state index is -0.391. The van der Waals surface area contributed by atoms with Gasteiger partial charge in [-0.15, -0.1) is 0 Å². The lowest BCUT2D eigenvalue weighted by Crippen LogP contribution is -2.53. The number of ether oxygens (including phenoxy) is 2. The van der Waals surface area contributed by atoms with E-state index in [0.29, 0.717) is 19.6 Å². The number of likely N-dealkylation sites (N-methyl/N-ethyl adjacent to an activating group) is 1. The van der Waals surface area contributed by atoms with E-state index < -0.39 is 5.82 Å². The molecule has 0 spiro atoms. The van der Waals surface area contributed by atoms with E-state index in [0.717, 1.165) is 5.56 Å². The normalized spacial score (nSPS) is 22.5. The fourth-order valence-electron chi connectivity index (χ4n) is 3.04. The summed E-state index contributed by atoms with van der Waals surface area (Å²) in [5.74, 6) is -0.0893. The highest BCUT2D eigenvalue weighted by Gasteiger charge is 2.30. The van der Waals surface area contributed by atoms with Crippen molar-refractivity contribution in [2.75, 3.05) is 27.2 Å². The van der Waals surface area contributed by atoms with E-state index in [1.165, 1.54) is 13.2 Å². The number of morpholine rings is 1. The number of amides is 1. The lowest BCUT2D eigenvalue weighted by Gasteiger charge is -2.38. The Balaban J connectivity index is 1.99. The van der Waals surface area contributed by atoms with Gasteiger partial charge in [0.2, 0.25) is 5.91 Å². The number of carbonyl (C=O) groups is 1. The first-order chi connectivity index (χ1) is 11.3. The van der Waals surface area contributed by atoms with Crippen molar-refractivity contribution in [2.45, 2.75) is 45.6 Å². The maximum absolute atomic E-state index is 13.8. The van der Waals surface area contributed by atoms with Gasteiger partial charge in [0.05, 0.1) is 25.4 Å². The number of hydrogen-bond donors (Lipinski definition) is 0. The van der Waals surface area contributed by atoms with Gasteiger partial charge in [0.15, 0.2) is 11.6 Å². The predicted molar refractivity (Wildman–Crippen MR) is 90.5 cm³/mol. The number of halogens is 1. The van der Waals surface area contributed by atoms with Crippen molar-refractivity contribution in [1.29, 1.82) is 0 Å². The summed E-state index contributed by atoms with van der Waals surface area (Å²) in [6, 6.07) is 4.59. The van der Waals surface area contributed by atoms with Crippen LogP contribution >= 0.6 is 0 Å². The van der Waals surface area contributed by atoms with Crippen LogP contribution in [0.3, 0.4) is 0 Å². The van der Waals surface area contributed by atoms with Gasteiger partial charge in [-0.1, -0.05) is 6.07 Å². The molecule has 5 nitrogen and oxygen atoms in total. The highest BCUT2D eigenvalue weighted by atomic mass is 19.1. The molecule has 2 rings (SSSR count). The lowest BCUT2D eigenvalue weighted by atomic mass is 10.1. The summed E-state index contributed by atoms with van der Waals surface area (Å²) < 4.78 is 24.4. The minimum Gasteiger partial charge on any atom is -0.494 e. The first-order valence-electron chi connectivity index (χ1n) is 8.28. The highest BCUT2D eigenvalue weighted by Crippen LogP contribution is 2.19. The molecule has 3 unspecified atom stereocenters. The van der Waals surface area contributed by atoms with Crippen molar-refractivity contribution in [1.82, 2.24) is 9.80 Å². The van der Waals surface area contributed by atoms with Gasteiger partial charge in [-0.3, -0.25) is 9.69 Å². The lowest BCUT2D eigenvalue weighted by molar-refractivity contribution is -0.147. The van der Waals surface area contributed by atoms with Crippen molar-refractivity contribution >= 4 is 5.91 Å². The van der Waals surface area contributed by atoms with E-state index in [4.69, 9.17) is 9.47 Å². The number of rotatable bonds is 5. The van der Waals surface area contributed by atoms with Crippen LogP contribution in [0.1, 0.15) is 26.3 Å². The first-order valence-corrected chi connectivity index (χ1v) is 8.28. The van der Waals surface area contributed by atoms with Crippen LogP contribution in [0.4, 0.5) is 4.39 Å². The zero-order chi connectivity index (χ0) is 17.9. The third-order valence-corrected chi connectivity index (χ3v) is 4.40. The SMILES string of the molecule is COc1ccc(CN(C)C(C)C(=O)N2CC(C)OC(C)C2)cc1F. The van der Waals surface area contributed by atoms with Gasteiger partial charge in [-0.25, -0.2) is 4.39 Å². The molecule has 1 heterocycles. The molecular formula is C18H27FN2O3. The molecule has 6 heteroatoms. The molecule has 1 fully saturated rings. The van der Waals surface area contributed by atoms with Gasteiger partial charge in [-0.05, 0) is 45.5 Å². The van der Waals surface area contributed by atoms with E-state index in [1.54, 1.807) is 6.07 Å². The largest absolute Gasteiger partial charge is 0.494 e. The minimum absolute atomic E-state index is 0.0471. The van der Waals surface area contributed by atoms with Gasteiger partial charge in [-0.2, -0.15) is 0 Å². The average Bonchev–Trinajstić information content (AvgIpc) is 2.52. The summed E-state index contributed by atoms with van der Waals surface area (Å²) >= 11 is 0. The quantitative estimate of drug-likeness (QED) is 0.826. The van der Waals surface area contributed by atoms with Gasteiger partial charge >= 0.3 is 0 Å². The molecule has 134 valence electrons. The summed E-state index contributed by atoms with van der Waals surface area (Å²) in [5.41, 5.74) is 0.805. The van der Waals surface area contributed by atoms with E-state index in [-0.39, 0.29) is 29.9 Å². The Hall–Kier alpha value is -1.66. The summed E-state index contributed by atoms with van der Waals surface area (Å²) in [6.07, 6.45) is 0.0942. The summed E-state index contributed by atoms with van der Waals surface area (Å²) in [4.78, 5) is 16.5. The van der Waals surface area contributed by atoms with Gasteiger partial charge in [0.1, 0.15) is 0 Å². The summed E-state index contributed by atoms with van der Waals surface area (Å²) in [6.45, 7) is 7.54. The Morgan fingerprint density at radius 2 is 2.04 bits per heavy atom. The number of hydrogen-bond acceptors (Lipinski definition) is 4. The highest BCUT2D eigenvalue weighted by molar-refractivity contribution is 5.81. The molecule has 24 heavy (non-hydrogen) atoms. The number of nitrogens with zero attached hydrogens (tertiary/aromatic N) is 2. The Morgan fingerprint density at radius 1 is 1.42 bits per heavy atom. The fraction of sp³-hybridized carbons (Fsp3) is 0.611. The average molecular weight is 338 g/mol. The fourth-order valence-corrected chi connectivity index (χ4v) is 3.04. The van der Waals surface area contributed by atoms with Gasteiger partial charge in [0.25, 0.3) is 0 Å². The molecule has 0 N–H and O–H groups in total. The Morgan fingerprint density at radius 3 is 2.58 bits per heavy atom. The van der Waals surface area contributed by atoms with E-state index in [9.17, 15) is 9.18 Å². The summed E-state index contributed by atoms with van der Waals surface area (Å²) in [5, 5.41) is 0. The van der Waals surface area contributed by atoms with E-state index >= 15 is 0 Å². The maximum Gasteiger partial charge on any atom is 0.239 e. The second kappa shape index (κ2) is 7.94. The number of carbonyl (C=O) groups excluding carboxylic acids is 1. The molecule has 1 saturated heterocycles. The monoisotopic (exact) mass is 338 g/mol. The molecule has 3 atom stereocenters. The number of benzene rings is 1. The van der Waals surface area contributed by atoms with Gasteiger partial charge < -0.3 is 14.4 Å². The molecule has 0 aliphatic carbocycles. The van der Waals surface area contributed by atoms with Crippen molar-refractivity contribution in [3.63, 3.8) is 0 Å². The Labute approximate surface area is 143 Å².